The lowest BCUT2D eigenvalue weighted by atomic mass is 10.5. The monoisotopic (exact) mass is 238 g/mol. The molecule has 68 valence electrons. The van der Waals surface area contributed by atoms with E-state index in [0.29, 0.717) is 25.0 Å². The molecule has 0 bridgehead atoms. The van der Waals surface area contributed by atoms with Gasteiger partial charge in [-0.1, -0.05) is 0 Å². The van der Waals surface area contributed by atoms with Crippen molar-refractivity contribution in [1.82, 2.24) is 0 Å². The maximum absolute atomic E-state index is 5.66. The maximum Gasteiger partial charge on any atom is 0.0704 e. The van der Waals surface area contributed by atoms with Gasteiger partial charge in [0.2, 0.25) is 0 Å². The third kappa shape index (κ3) is 7.48. The molecule has 0 spiro atoms. The first-order chi connectivity index (χ1) is 5.20. The van der Waals surface area contributed by atoms with E-state index >= 15 is 0 Å². The molecule has 0 unspecified atom stereocenters. The predicted molar refractivity (Wildman–Crippen MR) is 51.5 cm³/mol. The molecule has 5 heteroatoms. The highest BCUT2D eigenvalue weighted by Crippen LogP contribution is 2.03. The number of halogens is 4. The van der Waals surface area contributed by atoms with Crippen molar-refractivity contribution >= 4 is 46.4 Å². The van der Waals surface area contributed by atoms with E-state index in [4.69, 9.17) is 51.1 Å². The van der Waals surface area contributed by atoms with E-state index < -0.39 is 0 Å². The Morgan fingerprint density at radius 3 is 1.55 bits per heavy atom. The van der Waals surface area contributed by atoms with E-state index in [1.807, 2.05) is 0 Å². The molecule has 0 aromatic carbocycles. The second-order valence-corrected chi connectivity index (χ2v) is 3.89. The minimum Gasteiger partial charge on any atom is -0.378 e. The zero-order valence-corrected chi connectivity index (χ0v) is 8.93. The highest BCUT2D eigenvalue weighted by molar-refractivity contribution is 6.28. The largest absolute Gasteiger partial charge is 0.378 e. The molecule has 0 heterocycles. The van der Waals surface area contributed by atoms with Crippen molar-refractivity contribution in [1.29, 1.82) is 0 Å². The summed E-state index contributed by atoms with van der Waals surface area (Å²) in [6.07, 6.45) is 0. The SMILES string of the molecule is ClC[C@H](Cl)COC[C@@H](Cl)CCl. The van der Waals surface area contributed by atoms with Crippen LogP contribution in [0, 0.1) is 0 Å². The minimum atomic E-state index is -0.143. The number of rotatable bonds is 6. The summed E-state index contributed by atoms with van der Waals surface area (Å²) < 4.78 is 5.11. The van der Waals surface area contributed by atoms with E-state index in [1.165, 1.54) is 0 Å². The summed E-state index contributed by atoms with van der Waals surface area (Å²) in [6, 6.07) is 0. The zero-order chi connectivity index (χ0) is 8.69. The quantitative estimate of drug-likeness (QED) is 0.648. The van der Waals surface area contributed by atoms with Crippen LogP contribution >= 0.6 is 46.4 Å². The normalized spacial score (nSPS) is 16.4. The Hall–Kier alpha value is 1.12. The van der Waals surface area contributed by atoms with Crippen LogP contribution in [-0.4, -0.2) is 35.7 Å². The summed E-state index contributed by atoms with van der Waals surface area (Å²) in [7, 11) is 0. The van der Waals surface area contributed by atoms with Crippen molar-refractivity contribution in [2.24, 2.45) is 0 Å². The molecule has 0 rings (SSSR count). The number of hydrogen-bond donors (Lipinski definition) is 0. The summed E-state index contributed by atoms with van der Waals surface area (Å²) in [4.78, 5) is 0. The fraction of sp³-hybridized carbons (Fsp3) is 1.00. The fourth-order valence-corrected chi connectivity index (χ4v) is 0.769. The lowest BCUT2D eigenvalue weighted by Crippen LogP contribution is -2.17. The molecule has 11 heavy (non-hydrogen) atoms. The van der Waals surface area contributed by atoms with Crippen LogP contribution in [0.25, 0.3) is 0 Å². The van der Waals surface area contributed by atoms with Gasteiger partial charge >= 0.3 is 0 Å². The Labute approximate surface area is 86.9 Å². The third-order valence-corrected chi connectivity index (χ3v) is 2.55. The molecule has 0 aromatic heterocycles. The summed E-state index contributed by atoms with van der Waals surface area (Å²) in [5.41, 5.74) is 0. The molecule has 0 radical (unpaired) electrons. The van der Waals surface area contributed by atoms with Crippen LogP contribution < -0.4 is 0 Å². The van der Waals surface area contributed by atoms with Gasteiger partial charge in [-0.05, 0) is 0 Å². The van der Waals surface area contributed by atoms with Gasteiger partial charge in [-0.25, -0.2) is 0 Å². The van der Waals surface area contributed by atoms with E-state index in [0.717, 1.165) is 0 Å². The third-order valence-electron chi connectivity index (χ3n) is 0.932. The van der Waals surface area contributed by atoms with Crippen LogP contribution in [0.15, 0.2) is 0 Å². The highest BCUT2D eigenvalue weighted by atomic mass is 35.5. The Bertz CT molecular complexity index is 80.7. The molecule has 0 aliphatic carbocycles. The van der Waals surface area contributed by atoms with E-state index in [9.17, 15) is 0 Å². The van der Waals surface area contributed by atoms with E-state index in [2.05, 4.69) is 0 Å². The van der Waals surface area contributed by atoms with Gasteiger partial charge in [0, 0.05) is 11.8 Å². The first kappa shape index (κ1) is 12.1. The first-order valence-corrected chi connectivity index (χ1v) is 5.12. The van der Waals surface area contributed by atoms with Crippen molar-refractivity contribution in [2.45, 2.75) is 10.8 Å². The van der Waals surface area contributed by atoms with Gasteiger partial charge in [-0.3, -0.25) is 0 Å². The van der Waals surface area contributed by atoms with Crippen LogP contribution in [0.1, 0.15) is 0 Å². The molecule has 1 nitrogen and oxygen atoms in total. The zero-order valence-electron chi connectivity index (χ0n) is 5.90. The second-order valence-electron chi connectivity index (χ2n) is 2.04. The Balaban J connectivity index is 3.13. The topological polar surface area (TPSA) is 9.23 Å². The number of hydrogen-bond acceptors (Lipinski definition) is 1. The standard InChI is InChI=1S/C6H10Cl4O/c7-1-5(9)3-11-4-6(10)2-8/h5-6H,1-4H2/t5-,6-/m0/s1. The van der Waals surface area contributed by atoms with Gasteiger partial charge in [-0.2, -0.15) is 0 Å². The minimum absolute atomic E-state index is 0.143. The van der Waals surface area contributed by atoms with E-state index in [-0.39, 0.29) is 10.8 Å². The summed E-state index contributed by atoms with van der Waals surface area (Å²) in [5.74, 6) is 0.769. The average molecular weight is 240 g/mol. The maximum atomic E-state index is 5.66. The van der Waals surface area contributed by atoms with Crippen molar-refractivity contribution in [3.05, 3.63) is 0 Å². The van der Waals surface area contributed by atoms with Crippen LogP contribution in [0.5, 0.6) is 0 Å². The van der Waals surface area contributed by atoms with Crippen molar-refractivity contribution in [2.75, 3.05) is 25.0 Å². The van der Waals surface area contributed by atoms with Crippen molar-refractivity contribution < 1.29 is 4.74 Å². The average Bonchev–Trinajstić information content (AvgIpc) is 2.04. The molecule has 0 fully saturated rings. The molecule has 2 atom stereocenters. The molecule has 0 aromatic rings. The lowest BCUT2D eigenvalue weighted by Gasteiger charge is -2.08. The molecule has 0 saturated heterocycles. The predicted octanol–water partition coefficient (Wildman–Crippen LogP) is 2.70. The summed E-state index contributed by atoms with van der Waals surface area (Å²) in [5, 5.41) is -0.285. The fourth-order valence-electron chi connectivity index (χ4n) is 0.413. The molecular weight excluding hydrogens is 230 g/mol. The van der Waals surface area contributed by atoms with Gasteiger partial charge in [0.25, 0.3) is 0 Å². The molecule has 0 N–H and O–H groups in total. The Morgan fingerprint density at radius 2 is 1.27 bits per heavy atom. The number of alkyl halides is 4. The highest BCUT2D eigenvalue weighted by Gasteiger charge is 2.05. The summed E-state index contributed by atoms with van der Waals surface area (Å²) in [6.45, 7) is 0.844. The molecule has 0 saturated carbocycles. The first-order valence-electron chi connectivity index (χ1n) is 3.18. The van der Waals surface area contributed by atoms with Gasteiger partial charge in [0.05, 0.1) is 24.0 Å². The summed E-state index contributed by atoms with van der Waals surface area (Å²) >= 11 is 22.2. The van der Waals surface area contributed by atoms with Gasteiger partial charge in [0.15, 0.2) is 0 Å². The molecule has 0 aliphatic rings. The van der Waals surface area contributed by atoms with Crippen LogP contribution in [-0.2, 0) is 4.74 Å². The van der Waals surface area contributed by atoms with E-state index in [1.54, 1.807) is 0 Å². The van der Waals surface area contributed by atoms with Crippen molar-refractivity contribution in [3.8, 4) is 0 Å². The molecular formula is C6H10Cl4O. The van der Waals surface area contributed by atoms with Gasteiger partial charge < -0.3 is 4.74 Å². The van der Waals surface area contributed by atoms with Crippen molar-refractivity contribution in [3.63, 3.8) is 0 Å². The van der Waals surface area contributed by atoms with Gasteiger partial charge in [-0.15, -0.1) is 46.4 Å². The van der Waals surface area contributed by atoms with Gasteiger partial charge in [0.1, 0.15) is 0 Å². The van der Waals surface area contributed by atoms with Crippen LogP contribution in [0.2, 0.25) is 0 Å². The smallest absolute Gasteiger partial charge is 0.0704 e. The van der Waals surface area contributed by atoms with Crippen LogP contribution in [0.3, 0.4) is 0 Å². The van der Waals surface area contributed by atoms with Crippen LogP contribution in [0.4, 0.5) is 0 Å². The molecule has 0 aliphatic heterocycles. The lowest BCUT2D eigenvalue weighted by molar-refractivity contribution is 0.140. The Morgan fingerprint density at radius 1 is 0.909 bits per heavy atom. The second kappa shape index (κ2) is 7.75. The Kier molecular flexibility index (Phi) is 8.54. The molecule has 0 amide bonds. The number of ether oxygens (including phenoxy) is 1.